The molecule has 1 aliphatic rings. The molecule has 0 aliphatic carbocycles. The predicted octanol–water partition coefficient (Wildman–Crippen LogP) is 3.93. The van der Waals surface area contributed by atoms with E-state index in [4.69, 9.17) is 33.7 Å². The van der Waals surface area contributed by atoms with Gasteiger partial charge in [0.25, 0.3) is 0 Å². The minimum absolute atomic E-state index is 0.0928. The van der Waals surface area contributed by atoms with Crippen LogP contribution in [0, 0.1) is 5.82 Å². The maximum absolute atomic E-state index is 14.2. The van der Waals surface area contributed by atoms with Gasteiger partial charge in [0.15, 0.2) is 0 Å². The maximum Gasteiger partial charge on any atom is 0.410 e. The van der Waals surface area contributed by atoms with Gasteiger partial charge in [0.1, 0.15) is 11.4 Å². The Morgan fingerprint density at radius 2 is 2.05 bits per heavy atom. The number of ether oxygens (including phenoxy) is 1. The molecule has 1 atom stereocenters. The van der Waals surface area contributed by atoms with Crippen molar-refractivity contribution >= 4 is 29.3 Å². The van der Waals surface area contributed by atoms with Crippen LogP contribution in [-0.4, -0.2) is 29.7 Å². The second-order valence-electron chi connectivity index (χ2n) is 6.53. The van der Waals surface area contributed by atoms with Crippen LogP contribution in [0.5, 0.6) is 0 Å². The summed E-state index contributed by atoms with van der Waals surface area (Å²) in [5.74, 6) is -0.525. The lowest BCUT2D eigenvalue weighted by Crippen LogP contribution is -2.43. The molecule has 0 radical (unpaired) electrons. The van der Waals surface area contributed by atoms with E-state index in [0.717, 1.165) is 0 Å². The van der Waals surface area contributed by atoms with E-state index in [0.29, 0.717) is 13.0 Å². The Morgan fingerprint density at radius 1 is 1.41 bits per heavy atom. The zero-order valence-electron chi connectivity index (χ0n) is 12.8. The van der Waals surface area contributed by atoms with E-state index in [1.165, 1.54) is 17.0 Å². The molecule has 1 aromatic rings. The molecule has 7 heteroatoms. The number of carbonyl (C=O) groups excluding carboxylic acids is 1. The first-order valence-corrected chi connectivity index (χ1v) is 7.70. The third kappa shape index (κ3) is 3.47. The maximum atomic E-state index is 14.2. The Hall–Kier alpha value is -1.04. The molecule has 1 saturated heterocycles. The molecule has 0 saturated carbocycles. The third-order valence-electron chi connectivity index (χ3n) is 3.49. The number of hydrogen-bond acceptors (Lipinski definition) is 3. The number of hydrogen-bond donors (Lipinski definition) is 1. The van der Waals surface area contributed by atoms with E-state index in [1.54, 1.807) is 20.8 Å². The van der Waals surface area contributed by atoms with E-state index in [1.807, 2.05) is 0 Å². The van der Waals surface area contributed by atoms with Crippen molar-refractivity contribution in [1.82, 2.24) is 4.90 Å². The van der Waals surface area contributed by atoms with Gasteiger partial charge in [-0.05, 0) is 39.3 Å². The van der Waals surface area contributed by atoms with Crippen molar-refractivity contribution in [2.45, 2.75) is 38.3 Å². The number of nitrogens with zero attached hydrogens (tertiary/aromatic N) is 1. The zero-order valence-corrected chi connectivity index (χ0v) is 14.3. The Bertz CT molecular complexity index is 604. The van der Waals surface area contributed by atoms with Crippen LogP contribution in [0.3, 0.4) is 0 Å². The Balaban J connectivity index is 2.25. The first-order valence-electron chi connectivity index (χ1n) is 6.94. The highest BCUT2D eigenvalue weighted by molar-refractivity contribution is 6.42. The summed E-state index contributed by atoms with van der Waals surface area (Å²) in [7, 11) is 0. The highest BCUT2D eigenvalue weighted by atomic mass is 35.5. The van der Waals surface area contributed by atoms with Crippen LogP contribution in [0.25, 0.3) is 0 Å². The molecule has 1 amide bonds. The van der Waals surface area contributed by atoms with Gasteiger partial charge in [0.2, 0.25) is 0 Å². The molecular weight excluding hydrogens is 330 g/mol. The summed E-state index contributed by atoms with van der Waals surface area (Å²) in [6.07, 6.45) is -0.0955. The van der Waals surface area contributed by atoms with Gasteiger partial charge in [-0.25, -0.2) is 9.18 Å². The molecule has 0 aromatic heterocycles. The van der Waals surface area contributed by atoms with Crippen LogP contribution in [0.2, 0.25) is 10.0 Å². The third-order valence-corrected chi connectivity index (χ3v) is 4.30. The molecule has 0 unspecified atom stereocenters. The van der Waals surface area contributed by atoms with Crippen LogP contribution >= 0.6 is 23.2 Å². The SMILES string of the molecule is CC(C)(C)OC(=O)N1CC[C@@](N)(c2c(F)ccc(Cl)c2Cl)C1. The van der Waals surface area contributed by atoms with Gasteiger partial charge in [0.05, 0.1) is 15.6 Å². The van der Waals surface area contributed by atoms with E-state index in [-0.39, 0.29) is 22.2 Å². The summed E-state index contributed by atoms with van der Waals surface area (Å²) in [4.78, 5) is 13.6. The second kappa shape index (κ2) is 5.87. The first kappa shape index (κ1) is 17.3. The minimum atomic E-state index is -1.08. The fourth-order valence-electron chi connectivity index (χ4n) is 2.50. The first-order chi connectivity index (χ1) is 10.0. The largest absolute Gasteiger partial charge is 0.444 e. The van der Waals surface area contributed by atoms with E-state index < -0.39 is 23.1 Å². The number of carbonyl (C=O) groups is 1. The van der Waals surface area contributed by atoms with Crippen molar-refractivity contribution in [3.8, 4) is 0 Å². The van der Waals surface area contributed by atoms with Crippen molar-refractivity contribution in [3.63, 3.8) is 0 Å². The van der Waals surface area contributed by atoms with Crippen molar-refractivity contribution in [2.75, 3.05) is 13.1 Å². The van der Waals surface area contributed by atoms with Crippen LogP contribution in [0.1, 0.15) is 32.8 Å². The standard InChI is InChI=1S/C15H19Cl2FN2O2/c1-14(2,3)22-13(21)20-7-6-15(19,8-20)11-10(18)5-4-9(16)12(11)17/h4-5H,6-8,19H2,1-3H3/t15-/m0/s1. The lowest BCUT2D eigenvalue weighted by atomic mass is 9.89. The summed E-state index contributed by atoms with van der Waals surface area (Å²) in [5, 5.41) is 0.328. The average Bonchev–Trinajstić information content (AvgIpc) is 2.76. The lowest BCUT2D eigenvalue weighted by Gasteiger charge is -2.28. The summed E-state index contributed by atoms with van der Waals surface area (Å²) in [6, 6.07) is 2.61. The van der Waals surface area contributed by atoms with Gasteiger partial charge >= 0.3 is 6.09 Å². The lowest BCUT2D eigenvalue weighted by molar-refractivity contribution is 0.0284. The molecule has 4 nitrogen and oxygen atoms in total. The van der Waals surface area contributed by atoms with Crippen molar-refractivity contribution in [1.29, 1.82) is 0 Å². The normalized spacial score (nSPS) is 22.0. The summed E-state index contributed by atoms with van der Waals surface area (Å²) in [6.45, 7) is 5.84. The molecule has 2 rings (SSSR count). The second-order valence-corrected chi connectivity index (χ2v) is 7.31. The van der Waals surface area contributed by atoms with Gasteiger partial charge < -0.3 is 15.4 Å². The monoisotopic (exact) mass is 348 g/mol. The summed E-state index contributed by atoms with van der Waals surface area (Å²) < 4.78 is 19.5. The van der Waals surface area contributed by atoms with Gasteiger partial charge in [-0.1, -0.05) is 23.2 Å². The van der Waals surface area contributed by atoms with E-state index in [2.05, 4.69) is 0 Å². The zero-order chi connectivity index (χ0) is 16.7. The fraction of sp³-hybridized carbons (Fsp3) is 0.533. The topological polar surface area (TPSA) is 55.6 Å². The number of rotatable bonds is 1. The predicted molar refractivity (Wildman–Crippen MR) is 84.7 cm³/mol. The minimum Gasteiger partial charge on any atom is -0.444 e. The highest BCUT2D eigenvalue weighted by Crippen LogP contribution is 2.39. The van der Waals surface area contributed by atoms with Crippen molar-refractivity contribution < 1.29 is 13.9 Å². The van der Waals surface area contributed by atoms with E-state index >= 15 is 0 Å². The quantitative estimate of drug-likeness (QED) is 0.782. The number of nitrogens with two attached hydrogens (primary N) is 1. The van der Waals surface area contributed by atoms with Crippen LogP contribution < -0.4 is 5.73 Å². The van der Waals surface area contributed by atoms with Gasteiger partial charge in [-0.15, -0.1) is 0 Å². The molecule has 1 aliphatic heterocycles. The van der Waals surface area contributed by atoms with Gasteiger partial charge in [-0.2, -0.15) is 0 Å². The fourth-order valence-corrected chi connectivity index (χ4v) is 3.00. The van der Waals surface area contributed by atoms with Crippen molar-refractivity contribution in [3.05, 3.63) is 33.6 Å². The molecule has 0 bridgehead atoms. The molecule has 0 spiro atoms. The van der Waals surface area contributed by atoms with Crippen LogP contribution in [0.15, 0.2) is 12.1 Å². The summed E-state index contributed by atoms with van der Waals surface area (Å²) >= 11 is 12.1. The molecular formula is C15H19Cl2FN2O2. The number of halogens is 3. The molecule has 1 aromatic carbocycles. The summed E-state index contributed by atoms with van der Waals surface area (Å²) in [5.41, 5.74) is 4.77. The van der Waals surface area contributed by atoms with Crippen LogP contribution in [0.4, 0.5) is 9.18 Å². The smallest absolute Gasteiger partial charge is 0.410 e. The van der Waals surface area contributed by atoms with Crippen LogP contribution in [-0.2, 0) is 10.3 Å². The van der Waals surface area contributed by atoms with Gasteiger partial charge in [-0.3, -0.25) is 0 Å². The average molecular weight is 349 g/mol. The molecule has 1 heterocycles. The Kier molecular flexibility index (Phi) is 4.62. The molecule has 122 valence electrons. The number of likely N-dealkylation sites (tertiary alicyclic amines) is 1. The van der Waals surface area contributed by atoms with E-state index in [9.17, 15) is 9.18 Å². The number of benzene rings is 1. The van der Waals surface area contributed by atoms with Gasteiger partial charge in [0, 0.05) is 18.7 Å². The molecule has 22 heavy (non-hydrogen) atoms. The number of amides is 1. The van der Waals surface area contributed by atoms with Crippen molar-refractivity contribution in [2.24, 2.45) is 5.73 Å². The Labute approximate surface area is 139 Å². The molecule has 2 N–H and O–H groups in total. The highest BCUT2D eigenvalue weighted by Gasteiger charge is 2.42. The Morgan fingerprint density at radius 3 is 2.64 bits per heavy atom. The molecule has 1 fully saturated rings.